The number of thioether (sulfide) groups is 2. The van der Waals surface area contributed by atoms with E-state index in [2.05, 4.69) is 53.9 Å². The van der Waals surface area contributed by atoms with E-state index >= 15 is 0 Å². The second kappa shape index (κ2) is 4.26. The highest BCUT2D eigenvalue weighted by Crippen LogP contribution is 2.58. The highest BCUT2D eigenvalue weighted by molar-refractivity contribution is 8.22. The Bertz CT molecular complexity index is 363. The van der Waals surface area contributed by atoms with Crippen molar-refractivity contribution in [2.24, 2.45) is 0 Å². The van der Waals surface area contributed by atoms with Crippen LogP contribution in [0.4, 0.5) is 0 Å². The third-order valence-electron chi connectivity index (χ3n) is 2.94. The Morgan fingerprint density at radius 3 is 2.07 bits per heavy atom. The summed E-state index contributed by atoms with van der Waals surface area (Å²) in [6.45, 7) is 0. The molecule has 2 heteroatoms. The third kappa shape index (κ3) is 1.98. The molecule has 0 atom stereocenters. The van der Waals surface area contributed by atoms with Gasteiger partial charge in [0.1, 0.15) is 0 Å². The molecule has 0 nitrogen and oxygen atoms in total. The van der Waals surface area contributed by atoms with Crippen molar-refractivity contribution in [1.29, 1.82) is 0 Å². The van der Waals surface area contributed by atoms with Gasteiger partial charge in [-0.05, 0) is 41.1 Å². The molecule has 1 aliphatic carbocycles. The van der Waals surface area contributed by atoms with Gasteiger partial charge in [-0.2, -0.15) is 0 Å². The molecule has 0 unspecified atom stereocenters. The number of benzene rings is 1. The van der Waals surface area contributed by atoms with Crippen LogP contribution >= 0.6 is 23.5 Å². The smallest absolute Gasteiger partial charge is 0.0839 e. The minimum Gasteiger partial charge on any atom is -0.110 e. The van der Waals surface area contributed by atoms with E-state index < -0.39 is 0 Å². The van der Waals surface area contributed by atoms with Gasteiger partial charge in [0.25, 0.3) is 0 Å². The van der Waals surface area contributed by atoms with Crippen LogP contribution in [0.25, 0.3) is 0 Å². The van der Waals surface area contributed by atoms with Gasteiger partial charge < -0.3 is 0 Å². The summed E-state index contributed by atoms with van der Waals surface area (Å²) in [7, 11) is 0. The lowest BCUT2D eigenvalue weighted by atomic mass is 10.1. The van der Waals surface area contributed by atoms with Crippen LogP contribution in [-0.4, -0.2) is 0 Å². The van der Waals surface area contributed by atoms with Gasteiger partial charge in [-0.25, -0.2) is 0 Å². The molecule has 1 aliphatic heterocycles. The van der Waals surface area contributed by atoms with E-state index in [1.54, 1.807) is 9.81 Å². The molecular formula is C13H14S2. The van der Waals surface area contributed by atoms with Crippen molar-refractivity contribution >= 4 is 23.5 Å². The van der Waals surface area contributed by atoms with E-state index in [1.807, 2.05) is 0 Å². The Hall–Kier alpha value is -0.340. The third-order valence-corrected chi connectivity index (χ3v) is 6.09. The van der Waals surface area contributed by atoms with E-state index in [1.165, 1.54) is 31.2 Å². The van der Waals surface area contributed by atoms with E-state index in [9.17, 15) is 0 Å². The van der Waals surface area contributed by atoms with Crippen molar-refractivity contribution in [1.82, 2.24) is 0 Å². The second-order valence-corrected chi connectivity index (χ2v) is 6.73. The zero-order valence-electron chi connectivity index (χ0n) is 8.61. The van der Waals surface area contributed by atoms with Crippen molar-refractivity contribution in [3.8, 4) is 0 Å². The Morgan fingerprint density at radius 2 is 1.47 bits per heavy atom. The fraction of sp³-hybridized carbons (Fsp3) is 0.385. The Kier molecular flexibility index (Phi) is 2.80. The minimum absolute atomic E-state index is 0.634. The predicted octanol–water partition coefficient (Wildman–Crippen LogP) is 4.95. The molecule has 0 spiro atoms. The number of rotatable bonds is 1. The summed E-state index contributed by atoms with van der Waals surface area (Å²) in [5.41, 5.74) is 1.47. The molecule has 0 bridgehead atoms. The van der Waals surface area contributed by atoms with Crippen molar-refractivity contribution < 1.29 is 0 Å². The molecule has 0 N–H and O–H groups in total. The molecule has 2 aliphatic rings. The first kappa shape index (κ1) is 9.86. The summed E-state index contributed by atoms with van der Waals surface area (Å²) < 4.78 is 0.634. The maximum atomic E-state index is 2.25. The van der Waals surface area contributed by atoms with E-state index in [0.717, 1.165) is 0 Å². The summed E-state index contributed by atoms with van der Waals surface area (Å²) >= 11 is 4.18. The summed E-state index contributed by atoms with van der Waals surface area (Å²) in [6, 6.07) is 10.9. The molecule has 78 valence electrons. The molecular weight excluding hydrogens is 220 g/mol. The first-order valence-corrected chi connectivity index (χ1v) is 7.30. The first-order chi connectivity index (χ1) is 7.43. The molecule has 0 saturated carbocycles. The fourth-order valence-corrected chi connectivity index (χ4v) is 5.40. The van der Waals surface area contributed by atoms with Gasteiger partial charge in [-0.15, -0.1) is 23.5 Å². The van der Waals surface area contributed by atoms with E-state index in [0.29, 0.717) is 4.58 Å². The van der Waals surface area contributed by atoms with Gasteiger partial charge in [-0.1, -0.05) is 30.3 Å². The number of hydrogen-bond donors (Lipinski definition) is 0. The van der Waals surface area contributed by atoms with Crippen molar-refractivity contribution in [2.45, 2.75) is 30.3 Å². The topological polar surface area (TPSA) is 0 Å². The average Bonchev–Trinajstić information content (AvgIpc) is 2.74. The Morgan fingerprint density at radius 1 is 0.867 bits per heavy atom. The quantitative estimate of drug-likeness (QED) is 0.674. The van der Waals surface area contributed by atoms with Gasteiger partial charge in [0, 0.05) is 0 Å². The standard InChI is InChI=1S/C13H14S2/c1-2-6-10(7-3-1)13-14-11-8-4-5-9-12(11)15-13/h1-3,6-7,13H,4-5,8-9H2. The lowest BCUT2D eigenvalue weighted by Crippen LogP contribution is -1.89. The SMILES string of the molecule is c1ccc(C2SC3=C(CCCC3)S2)cc1. The van der Waals surface area contributed by atoms with Gasteiger partial charge >= 0.3 is 0 Å². The minimum atomic E-state index is 0.634. The molecule has 0 amide bonds. The Labute approximate surface area is 99.5 Å². The zero-order chi connectivity index (χ0) is 10.1. The molecule has 15 heavy (non-hydrogen) atoms. The highest BCUT2D eigenvalue weighted by Gasteiger charge is 2.28. The molecule has 3 rings (SSSR count). The van der Waals surface area contributed by atoms with Crippen molar-refractivity contribution in [2.75, 3.05) is 0 Å². The van der Waals surface area contributed by atoms with E-state index in [-0.39, 0.29) is 0 Å². The van der Waals surface area contributed by atoms with Gasteiger partial charge in [0.15, 0.2) is 0 Å². The highest BCUT2D eigenvalue weighted by atomic mass is 32.2. The maximum absolute atomic E-state index is 2.25. The summed E-state index contributed by atoms with van der Waals surface area (Å²) in [5.74, 6) is 0. The zero-order valence-corrected chi connectivity index (χ0v) is 10.2. The molecule has 1 aromatic carbocycles. The number of hydrogen-bond acceptors (Lipinski definition) is 2. The van der Waals surface area contributed by atoms with Gasteiger partial charge in [0.2, 0.25) is 0 Å². The molecule has 0 radical (unpaired) electrons. The molecule has 1 heterocycles. The van der Waals surface area contributed by atoms with Crippen LogP contribution in [-0.2, 0) is 0 Å². The van der Waals surface area contributed by atoms with Crippen LogP contribution in [0, 0.1) is 0 Å². The molecule has 0 fully saturated rings. The van der Waals surface area contributed by atoms with Gasteiger partial charge in [-0.3, -0.25) is 0 Å². The van der Waals surface area contributed by atoms with Crippen molar-refractivity contribution in [3.05, 3.63) is 45.7 Å². The van der Waals surface area contributed by atoms with Crippen LogP contribution in [0.3, 0.4) is 0 Å². The largest absolute Gasteiger partial charge is 0.110 e. The van der Waals surface area contributed by atoms with Crippen LogP contribution in [0.1, 0.15) is 35.8 Å². The summed E-state index contributed by atoms with van der Waals surface area (Å²) in [6.07, 6.45) is 5.45. The molecule has 0 saturated heterocycles. The predicted molar refractivity (Wildman–Crippen MR) is 69.9 cm³/mol. The fourth-order valence-electron chi connectivity index (χ4n) is 2.13. The molecule has 1 aromatic rings. The molecule has 0 aromatic heterocycles. The first-order valence-electron chi connectivity index (χ1n) is 5.54. The average molecular weight is 234 g/mol. The summed E-state index contributed by atoms with van der Waals surface area (Å²) in [4.78, 5) is 3.36. The van der Waals surface area contributed by atoms with Crippen LogP contribution in [0.2, 0.25) is 0 Å². The van der Waals surface area contributed by atoms with Crippen LogP contribution in [0.5, 0.6) is 0 Å². The van der Waals surface area contributed by atoms with Crippen LogP contribution in [0.15, 0.2) is 40.1 Å². The lowest BCUT2D eigenvalue weighted by Gasteiger charge is -2.10. The number of allylic oxidation sites excluding steroid dienone is 2. The van der Waals surface area contributed by atoms with E-state index in [4.69, 9.17) is 0 Å². The van der Waals surface area contributed by atoms with Crippen LogP contribution < -0.4 is 0 Å². The second-order valence-electron chi connectivity index (χ2n) is 4.03. The monoisotopic (exact) mass is 234 g/mol. The maximum Gasteiger partial charge on any atom is 0.0839 e. The van der Waals surface area contributed by atoms with Gasteiger partial charge in [0.05, 0.1) is 4.58 Å². The lowest BCUT2D eigenvalue weighted by molar-refractivity contribution is 0.718. The Balaban J connectivity index is 1.79. The normalized spacial score (nSPS) is 21.9. The summed E-state index contributed by atoms with van der Waals surface area (Å²) in [5, 5.41) is 0. The van der Waals surface area contributed by atoms with Crippen molar-refractivity contribution in [3.63, 3.8) is 0 Å².